The van der Waals surface area contributed by atoms with Crippen molar-refractivity contribution in [1.82, 2.24) is 5.43 Å². The van der Waals surface area contributed by atoms with Crippen LogP contribution in [0.4, 0.5) is 10.5 Å². The topological polar surface area (TPSA) is 111 Å². The van der Waals surface area contributed by atoms with E-state index in [1.807, 2.05) is 12.3 Å². The molecule has 16 heavy (non-hydrogen) atoms. The molecule has 2 amide bonds. The zero-order valence-electron chi connectivity index (χ0n) is 8.47. The third-order valence-corrected chi connectivity index (χ3v) is 2.89. The van der Waals surface area contributed by atoms with Gasteiger partial charge in [0.05, 0.1) is 20.9 Å². The summed E-state index contributed by atoms with van der Waals surface area (Å²) in [7, 11) is 0. The van der Waals surface area contributed by atoms with Gasteiger partial charge in [-0.3, -0.25) is 10.1 Å². The number of primary amides is 1. The highest BCUT2D eigenvalue weighted by atomic mass is 32.1. The van der Waals surface area contributed by atoms with E-state index >= 15 is 0 Å². The van der Waals surface area contributed by atoms with E-state index in [0.717, 1.165) is 0 Å². The molecule has 1 aromatic heterocycles. The molecule has 1 rings (SSSR count). The van der Waals surface area contributed by atoms with Crippen molar-refractivity contribution in [1.29, 1.82) is 0 Å². The van der Waals surface area contributed by atoms with Crippen LogP contribution < -0.4 is 11.2 Å². The molecular weight excluding hydrogens is 232 g/mol. The SMILES string of the molecule is CCc1sc(/C=N/NC(N)=O)cc1[N+](=O)[O-]. The first-order valence-electron chi connectivity index (χ1n) is 4.40. The van der Waals surface area contributed by atoms with E-state index in [9.17, 15) is 14.9 Å². The first-order chi connectivity index (χ1) is 7.54. The number of carbonyl (C=O) groups excluding carboxylic acids is 1. The molecule has 7 nitrogen and oxygen atoms in total. The van der Waals surface area contributed by atoms with Gasteiger partial charge in [-0.2, -0.15) is 5.10 Å². The van der Waals surface area contributed by atoms with Crippen molar-refractivity contribution in [3.63, 3.8) is 0 Å². The van der Waals surface area contributed by atoms with Crippen LogP contribution in [0.5, 0.6) is 0 Å². The minimum atomic E-state index is -0.780. The smallest absolute Gasteiger partial charge is 0.332 e. The average molecular weight is 242 g/mol. The van der Waals surface area contributed by atoms with Gasteiger partial charge in [-0.05, 0) is 6.42 Å². The Hall–Kier alpha value is -1.96. The summed E-state index contributed by atoms with van der Waals surface area (Å²) in [6, 6.07) is 0.633. The number of hydrogen-bond acceptors (Lipinski definition) is 5. The molecule has 8 heteroatoms. The molecular formula is C8H10N4O3S. The van der Waals surface area contributed by atoms with E-state index in [0.29, 0.717) is 16.2 Å². The lowest BCUT2D eigenvalue weighted by molar-refractivity contribution is -0.385. The summed E-state index contributed by atoms with van der Waals surface area (Å²) in [4.78, 5) is 21.8. The predicted molar refractivity (Wildman–Crippen MR) is 60.7 cm³/mol. The number of nitrogens with two attached hydrogens (primary N) is 1. The second kappa shape index (κ2) is 5.21. The Kier molecular flexibility index (Phi) is 3.95. The van der Waals surface area contributed by atoms with E-state index in [1.54, 1.807) is 0 Å². The van der Waals surface area contributed by atoms with E-state index in [4.69, 9.17) is 5.73 Å². The van der Waals surface area contributed by atoms with E-state index in [2.05, 4.69) is 5.10 Å². The Labute approximate surface area is 95.1 Å². The van der Waals surface area contributed by atoms with Crippen LogP contribution in [0.15, 0.2) is 11.2 Å². The maximum Gasteiger partial charge on any atom is 0.332 e. The first-order valence-corrected chi connectivity index (χ1v) is 5.21. The van der Waals surface area contributed by atoms with Crippen LogP contribution in [0.25, 0.3) is 0 Å². The molecule has 0 radical (unpaired) electrons. The predicted octanol–water partition coefficient (Wildman–Crippen LogP) is 1.22. The lowest BCUT2D eigenvalue weighted by Gasteiger charge is -1.88. The van der Waals surface area contributed by atoms with Gasteiger partial charge in [-0.25, -0.2) is 10.2 Å². The Morgan fingerprint density at radius 3 is 2.94 bits per heavy atom. The standard InChI is InChI=1S/C8H10N4O3S/c1-2-7-6(12(14)15)3-5(16-7)4-10-11-8(9)13/h3-4H,2H2,1H3,(H3,9,11,13)/b10-4+. The Morgan fingerprint density at radius 2 is 2.50 bits per heavy atom. The number of thiophene rings is 1. The molecule has 0 atom stereocenters. The fourth-order valence-electron chi connectivity index (χ4n) is 1.07. The third kappa shape index (κ3) is 3.02. The molecule has 86 valence electrons. The fraction of sp³-hybridized carbons (Fsp3) is 0.250. The summed E-state index contributed by atoms with van der Waals surface area (Å²) in [5, 5.41) is 14.2. The van der Waals surface area contributed by atoms with Crippen LogP contribution in [0, 0.1) is 10.1 Å². The largest absolute Gasteiger partial charge is 0.350 e. The Morgan fingerprint density at radius 1 is 1.81 bits per heavy atom. The lowest BCUT2D eigenvalue weighted by atomic mass is 10.3. The molecule has 0 fully saturated rings. The van der Waals surface area contributed by atoms with Gasteiger partial charge in [-0.1, -0.05) is 6.92 Å². The Bertz CT molecular complexity index is 440. The van der Waals surface area contributed by atoms with Gasteiger partial charge in [0.15, 0.2) is 0 Å². The first kappa shape index (κ1) is 12.1. The second-order valence-electron chi connectivity index (χ2n) is 2.80. The number of amides is 2. The molecule has 0 aromatic carbocycles. The van der Waals surface area contributed by atoms with Crippen molar-refractivity contribution in [3.05, 3.63) is 25.9 Å². The van der Waals surface area contributed by atoms with Gasteiger partial charge >= 0.3 is 6.03 Å². The number of nitrogens with zero attached hydrogens (tertiary/aromatic N) is 2. The molecule has 0 aliphatic heterocycles. The van der Waals surface area contributed by atoms with Gasteiger partial charge in [0.1, 0.15) is 0 Å². The molecule has 0 bridgehead atoms. The van der Waals surface area contributed by atoms with Gasteiger partial charge in [0, 0.05) is 6.07 Å². The maximum atomic E-state index is 10.7. The minimum Gasteiger partial charge on any atom is -0.350 e. The molecule has 0 saturated carbocycles. The third-order valence-electron chi connectivity index (χ3n) is 1.69. The summed E-state index contributed by atoms with van der Waals surface area (Å²) in [6.45, 7) is 1.83. The van der Waals surface area contributed by atoms with Gasteiger partial charge in [-0.15, -0.1) is 11.3 Å². The number of nitrogens with one attached hydrogen (secondary N) is 1. The molecule has 0 spiro atoms. The maximum absolute atomic E-state index is 10.7. The minimum absolute atomic E-state index is 0.0769. The molecule has 0 unspecified atom stereocenters. The van der Waals surface area contributed by atoms with Gasteiger partial charge < -0.3 is 5.73 Å². The van der Waals surface area contributed by atoms with E-state index in [-0.39, 0.29) is 5.69 Å². The van der Waals surface area contributed by atoms with Crippen LogP contribution >= 0.6 is 11.3 Å². The van der Waals surface area contributed by atoms with Gasteiger partial charge in [0.25, 0.3) is 5.69 Å². The molecule has 0 saturated heterocycles. The zero-order valence-corrected chi connectivity index (χ0v) is 9.28. The molecule has 0 aliphatic rings. The van der Waals surface area contributed by atoms with Gasteiger partial charge in [0.2, 0.25) is 0 Å². The van der Waals surface area contributed by atoms with Crippen molar-refractivity contribution in [2.45, 2.75) is 13.3 Å². The second-order valence-corrected chi connectivity index (χ2v) is 3.97. The summed E-state index contributed by atoms with van der Waals surface area (Å²) in [6.07, 6.45) is 1.90. The van der Waals surface area contributed by atoms with Crippen LogP contribution in [0.1, 0.15) is 16.7 Å². The van der Waals surface area contributed by atoms with Crippen LogP contribution in [0.2, 0.25) is 0 Å². The monoisotopic (exact) mass is 242 g/mol. The van der Waals surface area contributed by atoms with Crippen LogP contribution in [-0.2, 0) is 6.42 Å². The summed E-state index contributed by atoms with van der Waals surface area (Å²) < 4.78 is 0. The van der Waals surface area contributed by atoms with Crippen molar-refractivity contribution in [3.8, 4) is 0 Å². The van der Waals surface area contributed by atoms with Crippen molar-refractivity contribution < 1.29 is 9.72 Å². The Balaban J connectivity index is 2.86. The van der Waals surface area contributed by atoms with E-state index < -0.39 is 11.0 Å². The number of rotatable bonds is 4. The summed E-state index contributed by atoms with van der Waals surface area (Å²) in [5.41, 5.74) is 6.89. The summed E-state index contributed by atoms with van der Waals surface area (Å²) >= 11 is 1.26. The highest BCUT2D eigenvalue weighted by Crippen LogP contribution is 2.28. The number of hydrazone groups is 1. The van der Waals surface area contributed by atoms with Crippen LogP contribution in [-0.4, -0.2) is 17.2 Å². The van der Waals surface area contributed by atoms with E-state index in [1.165, 1.54) is 23.6 Å². The number of aryl methyl sites for hydroxylation is 1. The number of nitro groups is 1. The lowest BCUT2D eigenvalue weighted by Crippen LogP contribution is -2.24. The quantitative estimate of drug-likeness (QED) is 0.470. The molecule has 1 aromatic rings. The van der Waals surface area contributed by atoms with Crippen LogP contribution in [0.3, 0.4) is 0 Å². The van der Waals surface area contributed by atoms with Crippen molar-refractivity contribution in [2.24, 2.45) is 10.8 Å². The number of hydrogen-bond donors (Lipinski definition) is 2. The molecule has 0 aliphatic carbocycles. The fourth-order valence-corrected chi connectivity index (χ4v) is 2.01. The molecule has 3 N–H and O–H groups in total. The number of carbonyl (C=O) groups is 1. The summed E-state index contributed by atoms with van der Waals surface area (Å²) in [5.74, 6) is 0. The average Bonchev–Trinajstić information content (AvgIpc) is 2.60. The highest BCUT2D eigenvalue weighted by molar-refractivity contribution is 7.14. The van der Waals surface area contributed by atoms with Crippen molar-refractivity contribution >= 4 is 29.3 Å². The van der Waals surface area contributed by atoms with Crippen molar-refractivity contribution in [2.75, 3.05) is 0 Å². The highest BCUT2D eigenvalue weighted by Gasteiger charge is 2.16. The molecule has 1 heterocycles. The number of urea groups is 1. The normalized spacial score (nSPS) is 10.6. The zero-order chi connectivity index (χ0) is 12.1.